The molecule has 0 saturated heterocycles. The van der Waals surface area contributed by atoms with Crippen molar-refractivity contribution in [1.82, 2.24) is 35.0 Å². The highest BCUT2D eigenvalue weighted by atomic mass is 19.1. The number of nitrogens with one attached hydrogen (secondary N) is 1. The summed E-state index contributed by atoms with van der Waals surface area (Å²) in [7, 11) is 1.86. The minimum absolute atomic E-state index is 0.0161. The van der Waals surface area contributed by atoms with Crippen molar-refractivity contribution in [2.75, 3.05) is 18.9 Å². The second-order valence-electron chi connectivity index (χ2n) is 10.0. The molecule has 37 heavy (non-hydrogen) atoms. The van der Waals surface area contributed by atoms with Crippen molar-refractivity contribution in [3.63, 3.8) is 0 Å². The summed E-state index contributed by atoms with van der Waals surface area (Å²) in [6.07, 6.45) is 4.91. The fraction of sp³-hybridized carbons (Fsp3) is 0.462. The first-order valence-corrected chi connectivity index (χ1v) is 12.7. The average molecular weight is 507 g/mol. The van der Waals surface area contributed by atoms with Crippen LogP contribution in [0.1, 0.15) is 67.1 Å². The van der Waals surface area contributed by atoms with Crippen LogP contribution in [0.2, 0.25) is 0 Å². The van der Waals surface area contributed by atoms with Crippen LogP contribution in [0.15, 0.2) is 30.3 Å². The van der Waals surface area contributed by atoms with E-state index in [9.17, 15) is 14.0 Å². The number of hydrogen-bond donors (Lipinski definition) is 1. The summed E-state index contributed by atoms with van der Waals surface area (Å²) in [6.45, 7) is 4.77. The van der Waals surface area contributed by atoms with E-state index in [0.29, 0.717) is 31.0 Å². The summed E-state index contributed by atoms with van der Waals surface area (Å²) in [5.41, 5.74) is 2.01. The van der Waals surface area contributed by atoms with Gasteiger partial charge in [-0.15, -0.1) is 5.10 Å². The molecule has 0 spiro atoms. The van der Waals surface area contributed by atoms with Crippen molar-refractivity contribution in [1.29, 1.82) is 0 Å². The molecule has 1 saturated carbocycles. The summed E-state index contributed by atoms with van der Waals surface area (Å²) in [6, 6.07) is 8.35. The number of nitrogens with zero attached hydrogens (tertiary/aromatic N) is 7. The average Bonchev–Trinajstić information content (AvgIpc) is 3.60. The number of halogens is 1. The predicted molar refractivity (Wildman–Crippen MR) is 135 cm³/mol. The number of fused-ring (bicyclic) bond motifs is 1. The lowest BCUT2D eigenvalue weighted by molar-refractivity contribution is 0.102. The molecule has 11 heteroatoms. The van der Waals surface area contributed by atoms with E-state index in [2.05, 4.69) is 25.8 Å². The number of carbonyl (C=O) groups is 2. The van der Waals surface area contributed by atoms with Crippen molar-refractivity contribution in [3.8, 4) is 11.5 Å². The first-order chi connectivity index (χ1) is 17.8. The van der Waals surface area contributed by atoms with Crippen LogP contribution in [-0.4, -0.2) is 66.6 Å². The molecule has 10 nitrogen and oxygen atoms in total. The number of urea groups is 1. The Morgan fingerprint density at radius 1 is 1.16 bits per heavy atom. The van der Waals surface area contributed by atoms with E-state index < -0.39 is 11.7 Å². The topological polar surface area (TPSA) is 109 Å². The minimum Gasteiger partial charge on any atom is -0.325 e. The van der Waals surface area contributed by atoms with Crippen LogP contribution in [-0.2, 0) is 13.0 Å². The van der Waals surface area contributed by atoms with Crippen LogP contribution in [0.5, 0.6) is 0 Å². The Labute approximate surface area is 214 Å². The molecule has 1 N–H and O–H groups in total. The Bertz CT molecular complexity index is 1320. The second kappa shape index (κ2) is 10.2. The molecular formula is C26H31FN8O2. The quantitative estimate of drug-likeness (QED) is 0.559. The minimum atomic E-state index is -0.611. The Kier molecular flexibility index (Phi) is 6.86. The molecule has 2 aliphatic rings. The van der Waals surface area contributed by atoms with E-state index in [4.69, 9.17) is 0 Å². The normalized spacial score (nSPS) is 15.6. The van der Waals surface area contributed by atoms with Crippen LogP contribution >= 0.6 is 0 Å². The third-order valence-corrected chi connectivity index (χ3v) is 7.19. The van der Waals surface area contributed by atoms with Gasteiger partial charge in [-0.3, -0.25) is 4.79 Å². The standard InChI is InChI=1S/C26H31FN8O2/c1-16(2)35-24(30-31-32-35)22-9-6-10-23(28-22)29-25(36)20-13-18-15-34(12-11-17(18)14-21(20)27)26(37)33(3)19-7-4-5-8-19/h6,9-10,13-14,16,19H,4-5,7-8,11-12,15H2,1-3H3,(H,28,29,36). The van der Waals surface area contributed by atoms with Gasteiger partial charge in [-0.2, -0.15) is 0 Å². The van der Waals surface area contributed by atoms with E-state index in [0.717, 1.165) is 36.8 Å². The second-order valence-corrected chi connectivity index (χ2v) is 10.0. The first-order valence-electron chi connectivity index (χ1n) is 12.7. The van der Waals surface area contributed by atoms with Gasteiger partial charge in [0.05, 0.1) is 11.6 Å². The fourth-order valence-corrected chi connectivity index (χ4v) is 5.11. The van der Waals surface area contributed by atoms with Gasteiger partial charge in [0.15, 0.2) is 0 Å². The van der Waals surface area contributed by atoms with Crippen molar-refractivity contribution in [2.24, 2.45) is 0 Å². The fourth-order valence-electron chi connectivity index (χ4n) is 5.11. The summed E-state index contributed by atoms with van der Waals surface area (Å²) in [5, 5.41) is 14.4. The largest absolute Gasteiger partial charge is 0.325 e. The number of rotatable bonds is 5. The van der Waals surface area contributed by atoms with Gasteiger partial charge in [0.2, 0.25) is 5.82 Å². The number of anilines is 1. The zero-order valence-corrected chi connectivity index (χ0v) is 21.3. The summed E-state index contributed by atoms with van der Waals surface area (Å²) >= 11 is 0. The van der Waals surface area contributed by atoms with E-state index in [1.807, 2.05) is 25.8 Å². The van der Waals surface area contributed by atoms with Gasteiger partial charge >= 0.3 is 6.03 Å². The smallest absolute Gasteiger partial charge is 0.320 e. The molecule has 0 bridgehead atoms. The first kappa shape index (κ1) is 24.8. The number of carbonyl (C=O) groups excluding carboxylic acids is 2. The van der Waals surface area contributed by atoms with E-state index in [-0.39, 0.29) is 29.5 Å². The van der Waals surface area contributed by atoms with Crippen molar-refractivity contribution >= 4 is 17.8 Å². The van der Waals surface area contributed by atoms with Gasteiger partial charge in [0.1, 0.15) is 17.3 Å². The van der Waals surface area contributed by atoms with Crippen LogP contribution < -0.4 is 5.32 Å². The zero-order valence-electron chi connectivity index (χ0n) is 21.3. The maximum atomic E-state index is 15.0. The molecule has 1 fully saturated rings. The van der Waals surface area contributed by atoms with Crippen molar-refractivity contribution < 1.29 is 14.0 Å². The van der Waals surface area contributed by atoms with Gasteiger partial charge in [-0.05, 0) is 78.9 Å². The van der Waals surface area contributed by atoms with Crippen molar-refractivity contribution in [2.45, 2.75) is 64.6 Å². The third kappa shape index (κ3) is 5.03. The molecule has 1 aliphatic heterocycles. The van der Waals surface area contributed by atoms with Crippen LogP contribution in [0.25, 0.3) is 11.5 Å². The van der Waals surface area contributed by atoms with E-state index in [1.165, 1.54) is 6.07 Å². The van der Waals surface area contributed by atoms with Gasteiger partial charge in [-0.25, -0.2) is 18.9 Å². The zero-order chi connectivity index (χ0) is 26.1. The molecule has 0 atom stereocenters. The van der Waals surface area contributed by atoms with E-state index in [1.54, 1.807) is 33.8 Å². The Hall–Kier alpha value is -3.89. The summed E-state index contributed by atoms with van der Waals surface area (Å²) in [5.74, 6) is -0.481. The number of benzene rings is 1. The number of tetrazole rings is 1. The number of hydrogen-bond acceptors (Lipinski definition) is 6. The maximum Gasteiger partial charge on any atom is 0.320 e. The lowest BCUT2D eigenvalue weighted by Gasteiger charge is -2.35. The van der Waals surface area contributed by atoms with E-state index >= 15 is 0 Å². The monoisotopic (exact) mass is 506 g/mol. The Morgan fingerprint density at radius 2 is 1.95 bits per heavy atom. The van der Waals surface area contributed by atoms with Gasteiger partial charge < -0.3 is 15.1 Å². The Morgan fingerprint density at radius 3 is 2.70 bits per heavy atom. The molecular weight excluding hydrogens is 475 g/mol. The molecule has 3 aromatic rings. The molecule has 1 aromatic carbocycles. The lowest BCUT2D eigenvalue weighted by Crippen LogP contribution is -2.47. The molecule has 5 rings (SSSR count). The number of aromatic nitrogens is 5. The molecule has 0 unspecified atom stereocenters. The molecule has 2 aromatic heterocycles. The molecule has 3 amide bonds. The maximum absolute atomic E-state index is 15.0. The highest BCUT2D eigenvalue weighted by molar-refractivity contribution is 6.04. The lowest BCUT2D eigenvalue weighted by atomic mass is 9.96. The summed E-state index contributed by atoms with van der Waals surface area (Å²) in [4.78, 5) is 34.2. The number of amides is 3. The van der Waals surface area contributed by atoms with Gasteiger partial charge in [0.25, 0.3) is 5.91 Å². The highest BCUT2D eigenvalue weighted by Gasteiger charge is 2.30. The molecule has 0 radical (unpaired) electrons. The van der Waals surface area contributed by atoms with Crippen LogP contribution in [0, 0.1) is 5.82 Å². The highest BCUT2D eigenvalue weighted by Crippen LogP contribution is 2.27. The number of pyridine rings is 1. The third-order valence-electron chi connectivity index (χ3n) is 7.19. The van der Waals surface area contributed by atoms with Crippen molar-refractivity contribution in [3.05, 3.63) is 52.8 Å². The van der Waals surface area contributed by atoms with Crippen LogP contribution in [0.3, 0.4) is 0 Å². The van der Waals surface area contributed by atoms with Gasteiger partial charge in [-0.1, -0.05) is 18.9 Å². The summed E-state index contributed by atoms with van der Waals surface area (Å²) < 4.78 is 16.6. The SMILES string of the molecule is CC(C)n1nnnc1-c1cccc(NC(=O)c2cc3c(cc2F)CCN(C(=O)N(C)C2CCCC2)C3)n1. The predicted octanol–water partition coefficient (Wildman–Crippen LogP) is 4.06. The Balaban J connectivity index is 1.33. The molecule has 1 aliphatic carbocycles. The molecule has 3 heterocycles. The van der Waals surface area contributed by atoms with Gasteiger partial charge in [0, 0.05) is 26.2 Å². The van der Waals surface area contributed by atoms with Crippen LogP contribution in [0.4, 0.5) is 15.0 Å². The molecule has 194 valence electrons.